The number of anilines is 1. The lowest BCUT2D eigenvalue weighted by Gasteiger charge is -2.20. The van der Waals surface area contributed by atoms with Crippen molar-refractivity contribution >= 4 is 33.0 Å². The van der Waals surface area contributed by atoms with Gasteiger partial charge >= 0.3 is 0 Å². The highest BCUT2D eigenvalue weighted by Crippen LogP contribution is 2.25. The number of rotatable bonds is 6. The first-order chi connectivity index (χ1) is 14.0. The molecule has 2 aromatic carbocycles. The molecule has 0 saturated heterocycles. The van der Waals surface area contributed by atoms with Crippen LogP contribution in [0.1, 0.15) is 32.0 Å². The van der Waals surface area contributed by atoms with E-state index in [0.717, 1.165) is 16.1 Å². The van der Waals surface area contributed by atoms with Gasteiger partial charge in [0.1, 0.15) is 5.01 Å². The maximum atomic E-state index is 12.5. The number of nitrogens with zero attached hydrogens (tertiary/aromatic N) is 1. The molecule has 0 aliphatic rings. The summed E-state index contributed by atoms with van der Waals surface area (Å²) in [6.07, 6.45) is 0.111. The fourth-order valence-corrected chi connectivity index (χ4v) is 5.15. The molecule has 6 nitrogen and oxygen atoms in total. The van der Waals surface area contributed by atoms with Gasteiger partial charge in [0.15, 0.2) is 0 Å². The van der Waals surface area contributed by atoms with Crippen molar-refractivity contribution in [3.05, 3.63) is 65.2 Å². The number of aryl methyl sites for hydroxylation is 1. The molecule has 0 atom stereocenters. The van der Waals surface area contributed by atoms with Crippen molar-refractivity contribution in [2.24, 2.45) is 0 Å². The molecule has 0 aliphatic carbocycles. The molecule has 30 heavy (non-hydrogen) atoms. The Morgan fingerprint density at radius 2 is 1.83 bits per heavy atom. The number of carbonyl (C=O) groups is 1. The standard InChI is InChI=1S/C22H25N3O3S2/c1-15-7-5-8-16(11-15)21-24-18(14-29-21)13-20(26)23-17-9-6-10-19(12-17)30(27,28)25-22(2,3)4/h5-12,14,25H,13H2,1-4H3,(H,23,26). The van der Waals surface area contributed by atoms with Crippen LogP contribution in [-0.2, 0) is 21.2 Å². The molecule has 1 heterocycles. The normalized spacial score (nSPS) is 12.0. The van der Waals surface area contributed by atoms with Crippen LogP contribution in [0.2, 0.25) is 0 Å². The predicted molar refractivity (Wildman–Crippen MR) is 121 cm³/mol. The molecule has 3 rings (SSSR count). The highest BCUT2D eigenvalue weighted by Gasteiger charge is 2.22. The smallest absolute Gasteiger partial charge is 0.241 e. The van der Waals surface area contributed by atoms with Crippen molar-refractivity contribution in [3.63, 3.8) is 0 Å². The van der Waals surface area contributed by atoms with E-state index < -0.39 is 15.6 Å². The molecule has 0 fully saturated rings. The molecule has 3 aromatic rings. The topological polar surface area (TPSA) is 88.2 Å². The van der Waals surface area contributed by atoms with Gasteiger partial charge in [0.25, 0.3) is 0 Å². The minimum absolute atomic E-state index is 0.102. The molecular formula is C22H25N3O3S2. The minimum Gasteiger partial charge on any atom is -0.326 e. The van der Waals surface area contributed by atoms with Crippen LogP contribution in [0.15, 0.2) is 58.8 Å². The van der Waals surface area contributed by atoms with E-state index in [4.69, 9.17) is 0 Å². The van der Waals surface area contributed by atoms with Crippen molar-refractivity contribution in [2.75, 3.05) is 5.32 Å². The number of thiazole rings is 1. The van der Waals surface area contributed by atoms with Gasteiger partial charge in [-0.2, -0.15) is 0 Å². The second kappa shape index (κ2) is 8.67. The third-order valence-corrected chi connectivity index (χ3v) is 6.72. The average Bonchev–Trinajstić information content (AvgIpc) is 3.08. The van der Waals surface area contributed by atoms with Crippen molar-refractivity contribution in [1.29, 1.82) is 0 Å². The zero-order chi connectivity index (χ0) is 21.9. The van der Waals surface area contributed by atoms with E-state index in [2.05, 4.69) is 21.1 Å². The van der Waals surface area contributed by atoms with Crippen molar-refractivity contribution in [3.8, 4) is 10.6 Å². The summed E-state index contributed by atoms with van der Waals surface area (Å²) in [4.78, 5) is 17.1. The van der Waals surface area contributed by atoms with E-state index in [1.165, 1.54) is 23.5 Å². The fourth-order valence-electron chi connectivity index (χ4n) is 2.87. The van der Waals surface area contributed by atoms with Gasteiger partial charge in [-0.25, -0.2) is 18.1 Å². The Morgan fingerprint density at radius 3 is 2.53 bits per heavy atom. The van der Waals surface area contributed by atoms with E-state index in [0.29, 0.717) is 11.4 Å². The number of hydrogen-bond acceptors (Lipinski definition) is 5. The van der Waals surface area contributed by atoms with Gasteiger partial charge in [0.2, 0.25) is 15.9 Å². The van der Waals surface area contributed by atoms with Crippen LogP contribution >= 0.6 is 11.3 Å². The Hall–Kier alpha value is -2.55. The minimum atomic E-state index is -3.68. The molecule has 0 unspecified atom stereocenters. The Kier molecular flexibility index (Phi) is 6.40. The first-order valence-corrected chi connectivity index (χ1v) is 11.8. The van der Waals surface area contributed by atoms with Gasteiger partial charge in [-0.15, -0.1) is 11.3 Å². The third-order valence-electron chi connectivity index (χ3n) is 4.03. The van der Waals surface area contributed by atoms with Crippen LogP contribution in [0.25, 0.3) is 10.6 Å². The molecule has 2 N–H and O–H groups in total. The summed E-state index contributed by atoms with van der Waals surface area (Å²) >= 11 is 1.49. The summed E-state index contributed by atoms with van der Waals surface area (Å²) in [7, 11) is -3.68. The average molecular weight is 444 g/mol. The van der Waals surface area contributed by atoms with Crippen molar-refractivity contribution in [1.82, 2.24) is 9.71 Å². The van der Waals surface area contributed by atoms with E-state index in [1.54, 1.807) is 32.9 Å². The summed E-state index contributed by atoms with van der Waals surface area (Å²) in [6, 6.07) is 14.3. The molecule has 1 amide bonds. The maximum Gasteiger partial charge on any atom is 0.241 e. The summed E-state index contributed by atoms with van der Waals surface area (Å²) in [5.74, 6) is -0.255. The van der Waals surface area contributed by atoms with Gasteiger partial charge < -0.3 is 5.32 Å². The van der Waals surface area contributed by atoms with E-state index in [1.807, 2.05) is 30.5 Å². The quantitative estimate of drug-likeness (QED) is 0.592. The summed E-state index contributed by atoms with van der Waals surface area (Å²) in [5.41, 5.74) is 2.67. The molecule has 0 aliphatic heterocycles. The predicted octanol–water partition coefficient (Wildman–Crippen LogP) is 4.38. The number of amides is 1. The van der Waals surface area contributed by atoms with Crippen LogP contribution < -0.4 is 10.0 Å². The summed E-state index contributed by atoms with van der Waals surface area (Å²) in [5, 5.41) is 5.49. The van der Waals surface area contributed by atoms with Gasteiger partial charge in [-0.1, -0.05) is 29.8 Å². The number of aromatic nitrogens is 1. The SMILES string of the molecule is Cc1cccc(-c2nc(CC(=O)Nc3cccc(S(=O)(=O)NC(C)(C)C)c3)cs2)c1. The van der Waals surface area contributed by atoms with Crippen LogP contribution in [0.3, 0.4) is 0 Å². The Bertz CT molecular complexity index is 1160. The summed E-state index contributed by atoms with van der Waals surface area (Å²) in [6.45, 7) is 7.34. The van der Waals surface area contributed by atoms with Crippen LogP contribution in [0.4, 0.5) is 5.69 Å². The fraction of sp³-hybridized carbons (Fsp3) is 0.273. The molecule has 1 aromatic heterocycles. The number of nitrogens with one attached hydrogen (secondary N) is 2. The van der Waals surface area contributed by atoms with E-state index >= 15 is 0 Å². The Labute approximate surface area is 181 Å². The van der Waals surface area contributed by atoms with Gasteiger partial charge in [-0.3, -0.25) is 4.79 Å². The van der Waals surface area contributed by atoms with Crippen molar-refractivity contribution in [2.45, 2.75) is 44.6 Å². The molecular weight excluding hydrogens is 418 g/mol. The number of benzene rings is 2. The van der Waals surface area contributed by atoms with Gasteiger partial charge in [-0.05, 0) is 52.0 Å². The number of carbonyl (C=O) groups excluding carboxylic acids is 1. The second-order valence-corrected chi connectivity index (χ2v) is 10.7. The lowest BCUT2D eigenvalue weighted by atomic mass is 10.1. The highest BCUT2D eigenvalue weighted by atomic mass is 32.2. The van der Waals surface area contributed by atoms with Crippen LogP contribution in [0.5, 0.6) is 0 Å². The largest absolute Gasteiger partial charge is 0.326 e. The Balaban J connectivity index is 1.69. The zero-order valence-corrected chi connectivity index (χ0v) is 19.0. The molecule has 0 spiro atoms. The van der Waals surface area contributed by atoms with Crippen LogP contribution in [0, 0.1) is 6.92 Å². The van der Waals surface area contributed by atoms with E-state index in [9.17, 15) is 13.2 Å². The van der Waals surface area contributed by atoms with Crippen molar-refractivity contribution < 1.29 is 13.2 Å². The number of sulfonamides is 1. The molecule has 0 saturated carbocycles. The lowest BCUT2D eigenvalue weighted by molar-refractivity contribution is -0.115. The maximum absolute atomic E-state index is 12.5. The molecule has 0 bridgehead atoms. The zero-order valence-electron chi connectivity index (χ0n) is 17.4. The van der Waals surface area contributed by atoms with E-state index in [-0.39, 0.29) is 17.2 Å². The number of hydrogen-bond donors (Lipinski definition) is 2. The molecule has 158 valence electrons. The second-order valence-electron chi connectivity index (χ2n) is 8.12. The van der Waals surface area contributed by atoms with Crippen LogP contribution in [-0.4, -0.2) is 24.8 Å². The van der Waals surface area contributed by atoms with Gasteiger partial charge in [0, 0.05) is 22.2 Å². The summed E-state index contributed by atoms with van der Waals surface area (Å²) < 4.78 is 27.6. The van der Waals surface area contributed by atoms with Gasteiger partial charge in [0.05, 0.1) is 17.0 Å². The molecule has 8 heteroatoms. The first kappa shape index (κ1) is 22.1. The highest BCUT2D eigenvalue weighted by molar-refractivity contribution is 7.89. The lowest BCUT2D eigenvalue weighted by Crippen LogP contribution is -2.40. The third kappa shape index (κ3) is 5.98. The first-order valence-electron chi connectivity index (χ1n) is 9.47. The Morgan fingerprint density at radius 1 is 1.10 bits per heavy atom. The monoisotopic (exact) mass is 443 g/mol. The molecule has 0 radical (unpaired) electrons.